The van der Waals surface area contributed by atoms with Crippen molar-refractivity contribution in [3.05, 3.63) is 54.0 Å². The van der Waals surface area contributed by atoms with Gasteiger partial charge in [-0.25, -0.2) is 0 Å². The summed E-state index contributed by atoms with van der Waals surface area (Å²) >= 11 is 1.67. The summed E-state index contributed by atoms with van der Waals surface area (Å²) in [6.07, 6.45) is 1.68. The molecule has 0 aliphatic carbocycles. The monoisotopic (exact) mass is 260 g/mol. The van der Waals surface area contributed by atoms with Gasteiger partial charge in [0.1, 0.15) is 5.76 Å². The van der Waals surface area contributed by atoms with Crippen molar-refractivity contribution in [3.63, 3.8) is 0 Å². The van der Waals surface area contributed by atoms with Crippen LogP contribution in [0.15, 0.2) is 52.0 Å². The van der Waals surface area contributed by atoms with Crippen LogP contribution in [0.25, 0.3) is 0 Å². The minimum absolute atomic E-state index is 0.0505. The van der Waals surface area contributed by atoms with Crippen molar-refractivity contribution in [2.75, 3.05) is 5.75 Å². The number of thioether (sulfide) groups is 1. The first-order valence-corrected chi connectivity index (χ1v) is 6.73. The Hall–Kier alpha value is -1.68. The zero-order chi connectivity index (χ0) is 13.0. The third kappa shape index (κ3) is 2.96. The number of hydrogen-bond acceptors (Lipinski definition) is 3. The van der Waals surface area contributed by atoms with Crippen LogP contribution in [-0.4, -0.2) is 11.6 Å². The van der Waals surface area contributed by atoms with E-state index >= 15 is 0 Å². The molecule has 0 aliphatic heterocycles. The van der Waals surface area contributed by atoms with Crippen LogP contribution >= 0.6 is 11.8 Å². The molecule has 18 heavy (non-hydrogen) atoms. The molecule has 1 atom stereocenters. The lowest BCUT2D eigenvalue weighted by Crippen LogP contribution is -2.22. The van der Waals surface area contributed by atoms with Crippen molar-refractivity contribution in [1.29, 1.82) is 5.41 Å². The first kappa shape index (κ1) is 12.8. The van der Waals surface area contributed by atoms with Crippen LogP contribution in [0.2, 0.25) is 0 Å². The maximum Gasteiger partial charge on any atom is 0.114 e. The molecule has 2 aromatic rings. The summed E-state index contributed by atoms with van der Waals surface area (Å²) in [6, 6.07) is 11.9. The molecular weight excluding hydrogens is 244 g/mol. The maximum absolute atomic E-state index is 7.71. The van der Waals surface area contributed by atoms with Crippen LogP contribution < -0.4 is 5.73 Å². The lowest BCUT2D eigenvalue weighted by atomic mass is 10.0. The summed E-state index contributed by atoms with van der Waals surface area (Å²) in [5.74, 6) is 1.82. The van der Waals surface area contributed by atoms with Crippen molar-refractivity contribution in [1.82, 2.24) is 0 Å². The van der Waals surface area contributed by atoms with Gasteiger partial charge in [0, 0.05) is 10.6 Å². The number of nitrogens with one attached hydrogen (secondary N) is 1. The molecular formula is C14H16N2OS. The van der Waals surface area contributed by atoms with E-state index in [2.05, 4.69) is 0 Å². The number of nitrogens with two attached hydrogens (primary N) is 1. The van der Waals surface area contributed by atoms with Gasteiger partial charge in [-0.05, 0) is 18.6 Å². The van der Waals surface area contributed by atoms with Crippen molar-refractivity contribution < 1.29 is 4.42 Å². The molecule has 0 spiro atoms. The SMILES string of the molecule is Cc1occc1SCC(C(=N)N)c1ccccc1. The zero-order valence-electron chi connectivity index (χ0n) is 10.2. The third-order valence-corrected chi connectivity index (χ3v) is 4.03. The summed E-state index contributed by atoms with van der Waals surface area (Å²) in [4.78, 5) is 1.11. The average Bonchev–Trinajstić information content (AvgIpc) is 2.76. The van der Waals surface area contributed by atoms with Gasteiger partial charge >= 0.3 is 0 Å². The highest BCUT2D eigenvalue weighted by molar-refractivity contribution is 7.99. The molecule has 0 bridgehead atoms. The molecule has 1 unspecified atom stereocenters. The van der Waals surface area contributed by atoms with Gasteiger partial charge < -0.3 is 10.2 Å². The molecule has 3 nitrogen and oxygen atoms in total. The fourth-order valence-electron chi connectivity index (χ4n) is 1.75. The second-order valence-corrected chi connectivity index (χ2v) is 5.13. The lowest BCUT2D eigenvalue weighted by molar-refractivity contribution is 0.527. The van der Waals surface area contributed by atoms with Gasteiger partial charge in [-0.1, -0.05) is 30.3 Å². The first-order chi connectivity index (χ1) is 8.68. The van der Waals surface area contributed by atoms with Gasteiger partial charge in [-0.2, -0.15) is 0 Å². The van der Waals surface area contributed by atoms with Crippen molar-refractivity contribution >= 4 is 17.6 Å². The maximum atomic E-state index is 7.71. The highest BCUT2D eigenvalue weighted by atomic mass is 32.2. The standard InChI is InChI=1S/C14H16N2OS/c1-10-13(7-8-17-10)18-9-12(14(15)16)11-5-3-2-4-6-11/h2-8,12H,9H2,1H3,(H3,15,16). The van der Waals surface area contributed by atoms with Crippen molar-refractivity contribution in [2.45, 2.75) is 17.7 Å². The summed E-state index contributed by atoms with van der Waals surface area (Å²) in [5, 5.41) is 7.71. The fourth-order valence-corrected chi connectivity index (χ4v) is 2.87. The first-order valence-electron chi connectivity index (χ1n) is 5.74. The van der Waals surface area contributed by atoms with Crippen LogP contribution in [0.5, 0.6) is 0 Å². The molecule has 0 aliphatic rings. The second kappa shape index (κ2) is 5.78. The van der Waals surface area contributed by atoms with Gasteiger partial charge in [0.15, 0.2) is 0 Å². The molecule has 94 valence electrons. The average molecular weight is 260 g/mol. The summed E-state index contributed by atoms with van der Waals surface area (Å²) in [5.41, 5.74) is 6.77. The fraction of sp³-hybridized carbons (Fsp3) is 0.214. The topological polar surface area (TPSA) is 63.0 Å². The molecule has 0 saturated carbocycles. The van der Waals surface area contributed by atoms with E-state index in [1.165, 1.54) is 0 Å². The predicted octanol–water partition coefficient (Wildman–Crippen LogP) is 3.40. The van der Waals surface area contributed by atoms with E-state index in [4.69, 9.17) is 15.6 Å². The summed E-state index contributed by atoms with van der Waals surface area (Å²) in [6.45, 7) is 1.94. The van der Waals surface area contributed by atoms with Crippen LogP contribution in [0.1, 0.15) is 17.2 Å². The second-order valence-electron chi connectivity index (χ2n) is 4.07. The van der Waals surface area contributed by atoms with Crippen molar-refractivity contribution in [3.8, 4) is 0 Å². The van der Waals surface area contributed by atoms with Crippen LogP contribution in [0, 0.1) is 12.3 Å². The summed E-state index contributed by atoms with van der Waals surface area (Å²) < 4.78 is 5.26. The molecule has 1 heterocycles. The predicted molar refractivity (Wildman–Crippen MR) is 75.3 cm³/mol. The highest BCUT2D eigenvalue weighted by Crippen LogP contribution is 2.28. The number of rotatable bonds is 5. The molecule has 0 fully saturated rings. The van der Waals surface area contributed by atoms with Gasteiger partial charge in [-0.3, -0.25) is 5.41 Å². The number of amidine groups is 1. The van der Waals surface area contributed by atoms with Gasteiger partial charge in [0.05, 0.1) is 18.0 Å². The van der Waals surface area contributed by atoms with E-state index in [1.807, 2.05) is 43.3 Å². The van der Waals surface area contributed by atoms with E-state index in [1.54, 1.807) is 18.0 Å². The molecule has 0 saturated heterocycles. The molecule has 4 heteroatoms. The van der Waals surface area contributed by atoms with Gasteiger partial charge in [0.2, 0.25) is 0 Å². The smallest absolute Gasteiger partial charge is 0.114 e. The van der Waals surface area contributed by atoms with Crippen LogP contribution in [-0.2, 0) is 0 Å². The van der Waals surface area contributed by atoms with E-state index in [0.717, 1.165) is 22.0 Å². The summed E-state index contributed by atoms with van der Waals surface area (Å²) in [7, 11) is 0. The van der Waals surface area contributed by atoms with Gasteiger partial charge in [0.25, 0.3) is 0 Å². The Morgan fingerprint density at radius 2 is 2.06 bits per heavy atom. The van der Waals surface area contributed by atoms with Crippen LogP contribution in [0.3, 0.4) is 0 Å². The number of benzene rings is 1. The van der Waals surface area contributed by atoms with E-state index < -0.39 is 0 Å². The molecule has 2 rings (SSSR count). The van der Waals surface area contributed by atoms with E-state index in [9.17, 15) is 0 Å². The Labute approximate surface area is 111 Å². The minimum Gasteiger partial charge on any atom is -0.468 e. The van der Waals surface area contributed by atoms with E-state index in [0.29, 0.717) is 0 Å². The minimum atomic E-state index is -0.0505. The number of hydrogen-bond donors (Lipinski definition) is 2. The Bertz CT molecular complexity index is 522. The molecule has 0 amide bonds. The third-order valence-electron chi connectivity index (χ3n) is 2.79. The highest BCUT2D eigenvalue weighted by Gasteiger charge is 2.16. The Kier molecular flexibility index (Phi) is 4.10. The van der Waals surface area contributed by atoms with Gasteiger partial charge in [-0.15, -0.1) is 11.8 Å². The molecule has 3 N–H and O–H groups in total. The zero-order valence-corrected chi connectivity index (χ0v) is 11.0. The van der Waals surface area contributed by atoms with E-state index in [-0.39, 0.29) is 11.8 Å². The molecule has 1 aromatic carbocycles. The normalized spacial score (nSPS) is 12.3. The largest absolute Gasteiger partial charge is 0.468 e. The quantitative estimate of drug-likeness (QED) is 0.492. The Morgan fingerprint density at radius 3 is 2.61 bits per heavy atom. The molecule has 0 radical (unpaired) electrons. The van der Waals surface area contributed by atoms with Crippen LogP contribution in [0.4, 0.5) is 0 Å². The lowest BCUT2D eigenvalue weighted by Gasteiger charge is -2.15. The molecule has 1 aromatic heterocycles. The number of furan rings is 1. The van der Waals surface area contributed by atoms with Crippen molar-refractivity contribution in [2.24, 2.45) is 5.73 Å². The Morgan fingerprint density at radius 1 is 1.33 bits per heavy atom. The number of aryl methyl sites for hydroxylation is 1. The Balaban J connectivity index is 2.09.